The lowest BCUT2D eigenvalue weighted by Gasteiger charge is -2.48. The summed E-state index contributed by atoms with van der Waals surface area (Å²) in [5.41, 5.74) is 7.98. The normalized spacial score (nSPS) is 22.1. The second-order valence-electron chi connectivity index (χ2n) is 13.0. The van der Waals surface area contributed by atoms with Gasteiger partial charge in [0.05, 0.1) is 23.1 Å². The Hall–Kier alpha value is -3.84. The van der Waals surface area contributed by atoms with Crippen LogP contribution in [0.4, 0.5) is 0 Å². The number of aromatic nitrogens is 4. The monoisotopic (exact) mass is 558 g/mol. The van der Waals surface area contributed by atoms with Crippen molar-refractivity contribution in [1.82, 2.24) is 29.5 Å². The van der Waals surface area contributed by atoms with Crippen LogP contribution in [0, 0.1) is 5.41 Å². The summed E-state index contributed by atoms with van der Waals surface area (Å²) in [5, 5.41) is 4.77. The molecule has 4 heterocycles. The van der Waals surface area contributed by atoms with Crippen LogP contribution in [-0.2, 0) is 19.4 Å². The lowest BCUT2D eigenvalue weighted by molar-refractivity contribution is 0.0113. The largest absolute Gasteiger partial charge is 0.338 e. The van der Waals surface area contributed by atoms with Crippen LogP contribution in [0.2, 0.25) is 0 Å². The average Bonchev–Trinajstić information content (AvgIpc) is 3.78. The van der Waals surface area contributed by atoms with E-state index in [-0.39, 0.29) is 11.3 Å². The summed E-state index contributed by atoms with van der Waals surface area (Å²) in [6, 6.07) is 19.3. The Morgan fingerprint density at radius 1 is 0.881 bits per heavy atom. The Morgan fingerprint density at radius 2 is 1.67 bits per heavy atom. The molecule has 4 aliphatic rings. The molecule has 0 bridgehead atoms. The molecule has 1 saturated carbocycles. The highest BCUT2D eigenvalue weighted by Gasteiger charge is 2.42. The molecular formula is C35H38N6O. The van der Waals surface area contributed by atoms with Gasteiger partial charge in [-0.3, -0.25) is 9.69 Å². The number of nitrogens with zero attached hydrogens (tertiary/aromatic N) is 6. The highest BCUT2D eigenvalue weighted by atomic mass is 16.2. The Balaban J connectivity index is 1.06. The molecule has 214 valence electrons. The summed E-state index contributed by atoms with van der Waals surface area (Å²) in [6.07, 6.45) is 12.5. The summed E-state index contributed by atoms with van der Waals surface area (Å²) < 4.78 is 1.87. The predicted molar refractivity (Wildman–Crippen MR) is 162 cm³/mol. The van der Waals surface area contributed by atoms with E-state index in [9.17, 15) is 4.79 Å². The van der Waals surface area contributed by atoms with Crippen molar-refractivity contribution >= 4 is 5.91 Å². The molecule has 0 N–H and O–H groups in total. The number of benzene rings is 2. The van der Waals surface area contributed by atoms with E-state index in [1.165, 1.54) is 41.5 Å². The maximum Gasteiger partial charge on any atom is 0.257 e. The average molecular weight is 559 g/mol. The summed E-state index contributed by atoms with van der Waals surface area (Å²) in [4.78, 5) is 28.8. The van der Waals surface area contributed by atoms with Crippen molar-refractivity contribution in [3.63, 3.8) is 0 Å². The Bertz CT molecular complexity index is 1620. The van der Waals surface area contributed by atoms with Gasteiger partial charge in [-0.2, -0.15) is 5.10 Å². The third kappa shape index (κ3) is 4.74. The highest BCUT2D eigenvalue weighted by Crippen LogP contribution is 2.44. The van der Waals surface area contributed by atoms with E-state index >= 15 is 0 Å². The third-order valence-corrected chi connectivity index (χ3v) is 9.92. The molecule has 3 fully saturated rings. The van der Waals surface area contributed by atoms with Crippen molar-refractivity contribution in [2.75, 3.05) is 26.2 Å². The van der Waals surface area contributed by atoms with Gasteiger partial charge in [-0.25, -0.2) is 14.6 Å². The van der Waals surface area contributed by atoms with Crippen LogP contribution in [0.5, 0.6) is 0 Å². The lowest BCUT2D eigenvalue weighted by atomic mass is 9.73. The SMILES string of the molecule is O=C(c1cnn(-c2ncc3c(n2)-c2ccccc2CC3)c1C1CC1)N1CCCC2(CCCN(Cc3ccccc3)C2)C1. The van der Waals surface area contributed by atoms with Crippen molar-refractivity contribution in [1.29, 1.82) is 0 Å². The molecule has 7 heteroatoms. The quantitative estimate of drug-likeness (QED) is 0.309. The first-order valence-corrected chi connectivity index (χ1v) is 15.7. The first-order chi connectivity index (χ1) is 20.7. The van der Waals surface area contributed by atoms with Gasteiger partial charge in [0, 0.05) is 49.3 Å². The van der Waals surface area contributed by atoms with Crippen molar-refractivity contribution < 1.29 is 4.79 Å². The van der Waals surface area contributed by atoms with E-state index in [0.29, 0.717) is 11.9 Å². The second kappa shape index (κ2) is 10.5. The fraction of sp³-hybridized carbons (Fsp3) is 0.429. The van der Waals surface area contributed by atoms with Crippen LogP contribution < -0.4 is 0 Å². The number of carbonyl (C=O) groups is 1. The third-order valence-electron chi connectivity index (χ3n) is 9.92. The van der Waals surface area contributed by atoms with Crippen LogP contribution in [0.3, 0.4) is 0 Å². The number of hydrogen-bond donors (Lipinski definition) is 0. The molecule has 1 spiro atoms. The molecule has 0 radical (unpaired) electrons. The number of rotatable bonds is 5. The van der Waals surface area contributed by atoms with Gasteiger partial charge in [-0.1, -0.05) is 54.6 Å². The Labute approximate surface area is 247 Å². The van der Waals surface area contributed by atoms with Crippen molar-refractivity contribution in [3.8, 4) is 17.2 Å². The smallest absolute Gasteiger partial charge is 0.257 e. The van der Waals surface area contributed by atoms with Gasteiger partial charge in [0.25, 0.3) is 11.9 Å². The fourth-order valence-electron chi connectivity index (χ4n) is 7.76. The summed E-state index contributed by atoms with van der Waals surface area (Å²) in [6.45, 7) is 4.83. The van der Waals surface area contributed by atoms with Crippen molar-refractivity contribution in [2.45, 2.75) is 63.8 Å². The first kappa shape index (κ1) is 25.8. The minimum absolute atomic E-state index is 0.130. The molecule has 4 aromatic rings. The number of hydrogen-bond acceptors (Lipinski definition) is 5. The maximum absolute atomic E-state index is 14.2. The van der Waals surface area contributed by atoms with Gasteiger partial charge in [0.15, 0.2) is 0 Å². The van der Waals surface area contributed by atoms with Crippen LogP contribution in [-0.4, -0.2) is 61.6 Å². The van der Waals surface area contributed by atoms with Gasteiger partial charge < -0.3 is 4.90 Å². The molecule has 1 atom stereocenters. The van der Waals surface area contributed by atoms with Crippen LogP contribution in [0.25, 0.3) is 17.2 Å². The number of fused-ring (bicyclic) bond motifs is 3. The van der Waals surface area contributed by atoms with E-state index in [4.69, 9.17) is 15.1 Å². The molecular weight excluding hydrogens is 520 g/mol. The molecule has 2 saturated heterocycles. The second-order valence-corrected chi connectivity index (χ2v) is 13.0. The van der Waals surface area contributed by atoms with Gasteiger partial charge in [0.1, 0.15) is 0 Å². The van der Waals surface area contributed by atoms with Crippen molar-refractivity contribution in [3.05, 3.63) is 94.9 Å². The number of aryl methyl sites for hydroxylation is 2. The number of piperidine rings is 2. The number of carbonyl (C=O) groups excluding carboxylic acids is 1. The Morgan fingerprint density at radius 3 is 2.52 bits per heavy atom. The minimum Gasteiger partial charge on any atom is -0.338 e. The van der Waals surface area contributed by atoms with E-state index in [1.54, 1.807) is 6.20 Å². The molecule has 1 unspecified atom stereocenters. The first-order valence-electron chi connectivity index (χ1n) is 15.7. The van der Waals surface area contributed by atoms with Crippen LogP contribution >= 0.6 is 0 Å². The topological polar surface area (TPSA) is 67.2 Å². The molecule has 2 aliphatic heterocycles. The van der Waals surface area contributed by atoms with E-state index in [2.05, 4.69) is 64.4 Å². The van der Waals surface area contributed by atoms with Crippen LogP contribution in [0.15, 0.2) is 67.0 Å². The van der Waals surface area contributed by atoms with E-state index in [0.717, 1.165) is 81.8 Å². The fourth-order valence-corrected chi connectivity index (χ4v) is 7.76. The lowest BCUT2D eigenvalue weighted by Crippen LogP contribution is -2.53. The summed E-state index contributed by atoms with van der Waals surface area (Å²) in [7, 11) is 0. The van der Waals surface area contributed by atoms with Crippen molar-refractivity contribution in [2.24, 2.45) is 5.41 Å². The summed E-state index contributed by atoms with van der Waals surface area (Å²) in [5.74, 6) is 1.05. The molecule has 8 rings (SSSR count). The van der Waals surface area contributed by atoms with Gasteiger partial charge in [-0.05, 0) is 74.6 Å². The number of amides is 1. The van der Waals surface area contributed by atoms with Crippen LogP contribution in [0.1, 0.15) is 77.2 Å². The molecule has 1 amide bonds. The highest BCUT2D eigenvalue weighted by molar-refractivity contribution is 5.95. The standard InChI is InChI=1S/C35H38N6O/c42-33(40-19-7-17-35(24-40)16-6-18-39(23-35)22-25-8-2-1-3-9-25)30-21-37-41(32(30)27-13-14-27)34-36-20-28-15-12-26-10-4-5-11-29(26)31(28)38-34/h1-5,8-11,20-21,27H,6-7,12-19,22-24H2. The minimum atomic E-state index is 0.130. The maximum atomic E-state index is 14.2. The van der Waals surface area contributed by atoms with E-state index < -0.39 is 0 Å². The molecule has 7 nitrogen and oxygen atoms in total. The zero-order valence-corrected chi connectivity index (χ0v) is 24.2. The van der Waals surface area contributed by atoms with E-state index in [1.807, 2.05) is 10.9 Å². The molecule has 42 heavy (non-hydrogen) atoms. The van der Waals surface area contributed by atoms with Gasteiger partial charge >= 0.3 is 0 Å². The summed E-state index contributed by atoms with van der Waals surface area (Å²) >= 11 is 0. The predicted octanol–water partition coefficient (Wildman–Crippen LogP) is 5.82. The van der Waals surface area contributed by atoms with Gasteiger partial charge in [0.2, 0.25) is 0 Å². The molecule has 2 aromatic heterocycles. The zero-order chi connectivity index (χ0) is 28.1. The zero-order valence-electron chi connectivity index (χ0n) is 24.2. The molecule has 2 aliphatic carbocycles. The van der Waals surface area contributed by atoms with Gasteiger partial charge in [-0.15, -0.1) is 0 Å². The molecule has 2 aromatic carbocycles. The Kier molecular flexibility index (Phi) is 6.43. The number of likely N-dealkylation sites (tertiary alicyclic amines) is 2.